The number of nitrogens with two attached hydrogens (primary N) is 1. The van der Waals surface area contributed by atoms with Crippen LogP contribution in [0.4, 0.5) is 4.39 Å². The molecule has 0 fully saturated rings. The van der Waals surface area contributed by atoms with Gasteiger partial charge in [-0.05, 0) is 11.6 Å². The van der Waals surface area contributed by atoms with Gasteiger partial charge >= 0.3 is 0 Å². The Morgan fingerprint density at radius 3 is 2.53 bits per heavy atom. The highest BCUT2D eigenvalue weighted by atomic mass is 32.2. The first-order chi connectivity index (χ1) is 7.86. The van der Waals surface area contributed by atoms with E-state index in [0.29, 0.717) is 5.56 Å². The lowest BCUT2D eigenvalue weighted by molar-refractivity contribution is 0.503. The summed E-state index contributed by atoms with van der Waals surface area (Å²) in [6.45, 7) is 0.165. The Morgan fingerprint density at radius 2 is 2.06 bits per heavy atom. The van der Waals surface area contributed by atoms with Gasteiger partial charge in [-0.15, -0.1) is 0 Å². The van der Waals surface area contributed by atoms with Crippen molar-refractivity contribution in [2.45, 2.75) is 13.1 Å². The molecule has 0 heterocycles. The highest BCUT2D eigenvalue weighted by Crippen LogP contribution is 2.10. The fourth-order valence-corrected chi connectivity index (χ4v) is 1.76. The number of nitrogens with zero attached hydrogens (tertiary/aromatic N) is 1. The standard InChI is InChI=1S/C10H16FN3O2S/c1-14(2)17(15,16)13-7-9-4-3-8(6-12)5-10(9)11/h3-5,13H,6-7,12H2,1-2H3. The van der Waals surface area contributed by atoms with E-state index < -0.39 is 16.0 Å². The maximum absolute atomic E-state index is 13.5. The van der Waals surface area contributed by atoms with Crippen LogP contribution in [0.1, 0.15) is 11.1 Å². The Balaban J connectivity index is 2.77. The average Bonchev–Trinajstić information content (AvgIpc) is 2.27. The molecule has 0 atom stereocenters. The monoisotopic (exact) mass is 261 g/mol. The maximum Gasteiger partial charge on any atom is 0.279 e. The third kappa shape index (κ3) is 3.74. The van der Waals surface area contributed by atoms with Crippen molar-refractivity contribution in [1.82, 2.24) is 9.03 Å². The van der Waals surface area contributed by atoms with Crippen LogP contribution in [0.15, 0.2) is 18.2 Å². The van der Waals surface area contributed by atoms with E-state index in [-0.39, 0.29) is 18.7 Å². The van der Waals surface area contributed by atoms with Crippen LogP contribution in [0.3, 0.4) is 0 Å². The molecule has 0 bridgehead atoms. The lowest BCUT2D eigenvalue weighted by Gasteiger charge is -2.12. The molecule has 0 saturated carbocycles. The fourth-order valence-electron chi connectivity index (χ4n) is 1.16. The Kier molecular flexibility index (Phi) is 4.58. The highest BCUT2D eigenvalue weighted by Gasteiger charge is 2.13. The Bertz CT molecular complexity index is 488. The molecule has 17 heavy (non-hydrogen) atoms. The molecule has 0 aliphatic carbocycles. The number of nitrogens with one attached hydrogen (secondary N) is 1. The van der Waals surface area contributed by atoms with Gasteiger partial charge in [0.1, 0.15) is 5.82 Å². The maximum atomic E-state index is 13.5. The van der Waals surface area contributed by atoms with Crippen molar-refractivity contribution in [1.29, 1.82) is 0 Å². The minimum Gasteiger partial charge on any atom is -0.326 e. The molecule has 1 rings (SSSR count). The molecule has 1 aromatic carbocycles. The molecule has 0 aliphatic rings. The van der Waals surface area contributed by atoms with E-state index in [0.717, 1.165) is 4.31 Å². The molecule has 7 heteroatoms. The second-order valence-electron chi connectivity index (χ2n) is 3.74. The van der Waals surface area contributed by atoms with E-state index in [9.17, 15) is 12.8 Å². The van der Waals surface area contributed by atoms with Crippen molar-refractivity contribution in [3.8, 4) is 0 Å². The minimum atomic E-state index is -3.54. The SMILES string of the molecule is CN(C)S(=O)(=O)NCc1ccc(CN)cc1F. The van der Waals surface area contributed by atoms with Gasteiger partial charge in [0.05, 0.1) is 0 Å². The van der Waals surface area contributed by atoms with Crippen LogP contribution in [0.25, 0.3) is 0 Å². The van der Waals surface area contributed by atoms with Crippen molar-refractivity contribution < 1.29 is 12.8 Å². The zero-order valence-corrected chi connectivity index (χ0v) is 10.6. The van der Waals surface area contributed by atoms with Crippen LogP contribution in [0.2, 0.25) is 0 Å². The van der Waals surface area contributed by atoms with Crippen LogP contribution in [-0.2, 0) is 23.3 Å². The molecule has 5 nitrogen and oxygen atoms in total. The fraction of sp³-hybridized carbons (Fsp3) is 0.400. The molecular weight excluding hydrogens is 245 g/mol. The van der Waals surface area contributed by atoms with Gasteiger partial charge in [0.15, 0.2) is 0 Å². The van der Waals surface area contributed by atoms with E-state index >= 15 is 0 Å². The molecule has 96 valence electrons. The van der Waals surface area contributed by atoms with E-state index in [2.05, 4.69) is 4.72 Å². The second-order valence-corrected chi connectivity index (χ2v) is 5.71. The molecule has 0 aliphatic heterocycles. The van der Waals surface area contributed by atoms with Crippen molar-refractivity contribution in [3.05, 3.63) is 35.1 Å². The zero-order valence-electron chi connectivity index (χ0n) is 9.77. The van der Waals surface area contributed by atoms with Crippen LogP contribution in [0, 0.1) is 5.82 Å². The van der Waals surface area contributed by atoms with Gasteiger partial charge in [-0.2, -0.15) is 17.4 Å². The summed E-state index contributed by atoms with van der Waals surface area (Å²) in [4.78, 5) is 0. The Labute approximate surface area is 101 Å². The first-order valence-electron chi connectivity index (χ1n) is 5.01. The van der Waals surface area contributed by atoms with Crippen LogP contribution in [0.5, 0.6) is 0 Å². The normalized spacial score (nSPS) is 12.1. The summed E-state index contributed by atoms with van der Waals surface area (Å²) in [5.74, 6) is -0.464. The van der Waals surface area contributed by atoms with Crippen LogP contribution < -0.4 is 10.5 Å². The molecule has 0 amide bonds. The number of rotatable bonds is 5. The van der Waals surface area contributed by atoms with E-state index in [1.54, 1.807) is 6.07 Å². The summed E-state index contributed by atoms with van der Waals surface area (Å²) < 4.78 is 39.6. The minimum absolute atomic E-state index is 0.0861. The highest BCUT2D eigenvalue weighted by molar-refractivity contribution is 7.87. The van der Waals surface area contributed by atoms with Gasteiger partial charge in [-0.25, -0.2) is 4.39 Å². The van der Waals surface area contributed by atoms with Gasteiger partial charge < -0.3 is 5.73 Å². The average molecular weight is 261 g/mol. The lowest BCUT2D eigenvalue weighted by atomic mass is 10.1. The van der Waals surface area contributed by atoms with Crippen molar-refractivity contribution in [2.75, 3.05) is 14.1 Å². The molecule has 0 saturated heterocycles. The van der Waals surface area contributed by atoms with Crippen molar-refractivity contribution >= 4 is 10.2 Å². The van der Waals surface area contributed by atoms with Gasteiger partial charge in [-0.1, -0.05) is 12.1 Å². The van der Waals surface area contributed by atoms with Gasteiger partial charge in [0.25, 0.3) is 10.2 Å². The summed E-state index contributed by atoms with van der Waals surface area (Å²) in [5.41, 5.74) is 6.32. The van der Waals surface area contributed by atoms with Gasteiger partial charge in [-0.3, -0.25) is 0 Å². The summed E-state index contributed by atoms with van der Waals surface area (Å²) in [7, 11) is -0.739. The number of benzene rings is 1. The van der Waals surface area contributed by atoms with Crippen molar-refractivity contribution in [2.24, 2.45) is 5.73 Å². The summed E-state index contributed by atoms with van der Waals surface area (Å²) >= 11 is 0. The number of halogens is 1. The molecule has 1 aromatic rings. The third-order valence-electron chi connectivity index (χ3n) is 2.28. The van der Waals surface area contributed by atoms with Gasteiger partial charge in [0.2, 0.25) is 0 Å². The van der Waals surface area contributed by atoms with Crippen LogP contribution in [-0.4, -0.2) is 26.8 Å². The first-order valence-corrected chi connectivity index (χ1v) is 6.45. The molecule has 0 radical (unpaired) electrons. The predicted molar refractivity (Wildman–Crippen MR) is 63.7 cm³/mol. The third-order valence-corrected chi connectivity index (χ3v) is 3.75. The molecular formula is C10H16FN3O2S. The molecule has 3 N–H and O–H groups in total. The van der Waals surface area contributed by atoms with E-state index in [1.165, 1.54) is 26.2 Å². The molecule has 0 unspecified atom stereocenters. The van der Waals surface area contributed by atoms with E-state index in [1.807, 2.05) is 0 Å². The number of hydrogen-bond donors (Lipinski definition) is 2. The lowest BCUT2D eigenvalue weighted by Crippen LogP contribution is -2.35. The first kappa shape index (κ1) is 14.0. The topological polar surface area (TPSA) is 75.4 Å². The summed E-state index contributed by atoms with van der Waals surface area (Å²) in [5, 5.41) is 0. The second kappa shape index (κ2) is 5.54. The number of hydrogen-bond acceptors (Lipinski definition) is 3. The zero-order chi connectivity index (χ0) is 13.1. The smallest absolute Gasteiger partial charge is 0.279 e. The molecule has 0 aromatic heterocycles. The van der Waals surface area contributed by atoms with Crippen LogP contribution >= 0.6 is 0 Å². The quantitative estimate of drug-likeness (QED) is 0.794. The Hall–Kier alpha value is -1.02. The Morgan fingerprint density at radius 1 is 1.41 bits per heavy atom. The van der Waals surface area contributed by atoms with Crippen molar-refractivity contribution in [3.63, 3.8) is 0 Å². The van der Waals surface area contributed by atoms with Gasteiger partial charge in [0, 0.05) is 32.7 Å². The summed E-state index contributed by atoms with van der Waals surface area (Å²) in [6.07, 6.45) is 0. The van der Waals surface area contributed by atoms with E-state index in [4.69, 9.17) is 5.73 Å². The largest absolute Gasteiger partial charge is 0.326 e. The predicted octanol–water partition coefficient (Wildman–Crippen LogP) is 0.180. The molecule has 0 spiro atoms. The summed E-state index contributed by atoms with van der Waals surface area (Å²) in [6, 6.07) is 4.50.